The van der Waals surface area contributed by atoms with Crippen molar-refractivity contribution in [3.63, 3.8) is 0 Å². The first-order valence-electron chi connectivity index (χ1n) is 6.43. The van der Waals surface area contributed by atoms with E-state index in [1.165, 1.54) is 12.8 Å². The van der Waals surface area contributed by atoms with Crippen LogP contribution < -0.4 is 10.6 Å². The van der Waals surface area contributed by atoms with Gasteiger partial charge in [-0.2, -0.15) is 20.1 Å². The molecule has 0 amide bonds. The summed E-state index contributed by atoms with van der Waals surface area (Å²) >= 11 is 0. The average molecular weight is 259 g/mol. The van der Waals surface area contributed by atoms with Crippen molar-refractivity contribution in [1.29, 1.82) is 0 Å². The molecule has 0 unspecified atom stereocenters. The number of nitrogens with zero attached hydrogens (tertiary/aromatic N) is 6. The molecule has 1 fully saturated rings. The minimum Gasteiger partial charge on any atom is -0.368 e. The summed E-state index contributed by atoms with van der Waals surface area (Å²) in [4.78, 5) is 15.0. The van der Waals surface area contributed by atoms with Crippen molar-refractivity contribution in [3.05, 3.63) is 17.5 Å². The molecule has 0 aromatic carbocycles. The maximum absolute atomic E-state index is 5.79. The summed E-state index contributed by atoms with van der Waals surface area (Å²) in [6.45, 7) is 5.85. The van der Waals surface area contributed by atoms with Gasteiger partial charge in [-0.05, 0) is 32.8 Å². The topological polar surface area (TPSA) is 85.8 Å². The fourth-order valence-corrected chi connectivity index (χ4v) is 2.35. The standard InChI is InChI=1S/C12H17N7/c1-8-7-9(2)19(17-8)12-15-10(13)14-11(16-12)18-5-3-4-6-18/h7H,3-6H2,1-2H3,(H2,13,14,15,16). The molecule has 2 N–H and O–H groups in total. The average Bonchev–Trinajstić information content (AvgIpc) is 2.98. The third kappa shape index (κ3) is 2.23. The van der Waals surface area contributed by atoms with Crippen LogP contribution >= 0.6 is 0 Å². The number of aromatic nitrogens is 5. The SMILES string of the molecule is Cc1cc(C)n(-c2nc(N)nc(N3CCCC3)n2)n1. The van der Waals surface area contributed by atoms with Gasteiger partial charge in [0.25, 0.3) is 5.95 Å². The van der Waals surface area contributed by atoms with E-state index in [2.05, 4.69) is 25.0 Å². The monoisotopic (exact) mass is 259 g/mol. The fraction of sp³-hybridized carbons (Fsp3) is 0.500. The molecule has 7 heteroatoms. The van der Waals surface area contributed by atoms with E-state index in [4.69, 9.17) is 5.73 Å². The number of hydrogen-bond acceptors (Lipinski definition) is 6. The van der Waals surface area contributed by atoms with E-state index in [0.717, 1.165) is 24.5 Å². The van der Waals surface area contributed by atoms with Crippen molar-refractivity contribution < 1.29 is 0 Å². The minimum atomic E-state index is 0.236. The lowest BCUT2D eigenvalue weighted by Gasteiger charge is -2.15. The Labute approximate surface area is 111 Å². The Hall–Kier alpha value is -2.18. The first-order valence-corrected chi connectivity index (χ1v) is 6.43. The van der Waals surface area contributed by atoms with Crippen LogP contribution in [0.3, 0.4) is 0 Å². The van der Waals surface area contributed by atoms with Crippen LogP contribution in [0.15, 0.2) is 6.07 Å². The van der Waals surface area contributed by atoms with Gasteiger partial charge < -0.3 is 10.6 Å². The van der Waals surface area contributed by atoms with Crippen LogP contribution in [0.5, 0.6) is 0 Å². The number of hydrogen-bond donors (Lipinski definition) is 1. The molecule has 2 aromatic rings. The third-order valence-electron chi connectivity index (χ3n) is 3.22. The van der Waals surface area contributed by atoms with Gasteiger partial charge in [0.15, 0.2) is 0 Å². The van der Waals surface area contributed by atoms with Crippen molar-refractivity contribution in [1.82, 2.24) is 24.7 Å². The third-order valence-corrected chi connectivity index (χ3v) is 3.22. The Bertz CT molecular complexity index is 598. The van der Waals surface area contributed by atoms with Gasteiger partial charge in [0.1, 0.15) is 0 Å². The quantitative estimate of drug-likeness (QED) is 0.860. The fourth-order valence-electron chi connectivity index (χ4n) is 2.35. The summed E-state index contributed by atoms with van der Waals surface area (Å²) in [5, 5.41) is 4.38. The van der Waals surface area contributed by atoms with E-state index in [1.54, 1.807) is 4.68 Å². The molecule has 3 rings (SSSR count). The van der Waals surface area contributed by atoms with Crippen molar-refractivity contribution in [2.75, 3.05) is 23.7 Å². The van der Waals surface area contributed by atoms with Gasteiger partial charge >= 0.3 is 0 Å². The molecule has 19 heavy (non-hydrogen) atoms. The van der Waals surface area contributed by atoms with E-state index < -0.39 is 0 Å². The molecule has 100 valence electrons. The Kier molecular flexibility index (Phi) is 2.81. The lowest BCUT2D eigenvalue weighted by atomic mass is 10.4. The maximum atomic E-state index is 5.79. The summed E-state index contributed by atoms with van der Waals surface area (Å²) in [6.07, 6.45) is 2.33. The van der Waals surface area contributed by atoms with E-state index >= 15 is 0 Å². The number of nitrogens with two attached hydrogens (primary N) is 1. The maximum Gasteiger partial charge on any atom is 0.257 e. The Morgan fingerprint density at radius 2 is 1.74 bits per heavy atom. The first-order chi connectivity index (χ1) is 9.13. The zero-order valence-corrected chi connectivity index (χ0v) is 11.2. The van der Waals surface area contributed by atoms with E-state index in [9.17, 15) is 0 Å². The van der Waals surface area contributed by atoms with E-state index in [1.807, 2.05) is 19.9 Å². The van der Waals surface area contributed by atoms with Crippen LogP contribution in [0.1, 0.15) is 24.2 Å². The molecule has 1 aliphatic rings. The lowest BCUT2D eigenvalue weighted by molar-refractivity contribution is 0.756. The van der Waals surface area contributed by atoms with Crippen molar-refractivity contribution >= 4 is 11.9 Å². The number of nitrogen functional groups attached to an aromatic ring is 1. The molecule has 0 saturated carbocycles. The van der Waals surface area contributed by atoms with E-state index in [0.29, 0.717) is 11.9 Å². The first kappa shape index (κ1) is 11.9. The van der Waals surface area contributed by atoms with Gasteiger partial charge in [-0.3, -0.25) is 0 Å². The number of aryl methyl sites for hydroxylation is 2. The lowest BCUT2D eigenvalue weighted by Crippen LogP contribution is -2.22. The largest absolute Gasteiger partial charge is 0.368 e. The van der Waals surface area contributed by atoms with Gasteiger partial charge in [0, 0.05) is 18.8 Å². The predicted octanol–water partition coefficient (Wildman–Crippen LogP) is 0.857. The predicted molar refractivity (Wildman–Crippen MR) is 72.3 cm³/mol. The molecular formula is C12H17N7. The summed E-state index contributed by atoms with van der Waals surface area (Å²) in [5.74, 6) is 1.37. The second kappa shape index (κ2) is 4.49. The second-order valence-corrected chi connectivity index (χ2v) is 4.83. The highest BCUT2D eigenvalue weighted by Gasteiger charge is 2.18. The molecule has 0 radical (unpaired) electrons. The van der Waals surface area contributed by atoms with Gasteiger partial charge in [-0.25, -0.2) is 4.68 Å². The highest BCUT2D eigenvalue weighted by molar-refractivity contribution is 5.39. The summed E-state index contributed by atoms with van der Waals surface area (Å²) in [5.41, 5.74) is 7.70. The summed E-state index contributed by atoms with van der Waals surface area (Å²) < 4.78 is 1.70. The van der Waals surface area contributed by atoms with Gasteiger partial charge in [0.2, 0.25) is 11.9 Å². The smallest absolute Gasteiger partial charge is 0.257 e. The number of rotatable bonds is 2. The van der Waals surface area contributed by atoms with Crippen LogP contribution in [0.2, 0.25) is 0 Å². The van der Waals surface area contributed by atoms with Crippen LogP contribution in [-0.4, -0.2) is 37.8 Å². The summed E-state index contributed by atoms with van der Waals surface area (Å²) in [6, 6.07) is 1.98. The minimum absolute atomic E-state index is 0.236. The normalized spacial score (nSPS) is 15.2. The van der Waals surface area contributed by atoms with Gasteiger partial charge in [-0.15, -0.1) is 0 Å². The Morgan fingerprint density at radius 3 is 2.37 bits per heavy atom. The molecule has 0 spiro atoms. The molecule has 2 aromatic heterocycles. The molecule has 1 aliphatic heterocycles. The molecule has 0 atom stereocenters. The van der Waals surface area contributed by atoms with Crippen molar-refractivity contribution in [2.24, 2.45) is 0 Å². The van der Waals surface area contributed by atoms with Crippen molar-refractivity contribution in [3.8, 4) is 5.95 Å². The van der Waals surface area contributed by atoms with Crippen molar-refractivity contribution in [2.45, 2.75) is 26.7 Å². The molecule has 3 heterocycles. The van der Waals surface area contributed by atoms with Crippen LogP contribution in [0.25, 0.3) is 5.95 Å². The van der Waals surface area contributed by atoms with Crippen LogP contribution in [0, 0.1) is 13.8 Å². The highest BCUT2D eigenvalue weighted by atomic mass is 15.4. The number of anilines is 2. The van der Waals surface area contributed by atoms with Gasteiger partial charge in [-0.1, -0.05) is 0 Å². The molecular weight excluding hydrogens is 242 g/mol. The van der Waals surface area contributed by atoms with Gasteiger partial charge in [0.05, 0.1) is 5.69 Å². The zero-order valence-electron chi connectivity index (χ0n) is 11.2. The molecule has 7 nitrogen and oxygen atoms in total. The van der Waals surface area contributed by atoms with E-state index in [-0.39, 0.29) is 5.95 Å². The Balaban J connectivity index is 2.04. The second-order valence-electron chi connectivity index (χ2n) is 4.83. The molecule has 0 bridgehead atoms. The molecule has 1 saturated heterocycles. The summed E-state index contributed by atoms with van der Waals surface area (Å²) in [7, 11) is 0. The Morgan fingerprint density at radius 1 is 1.05 bits per heavy atom. The van der Waals surface area contributed by atoms with Crippen LogP contribution in [0.4, 0.5) is 11.9 Å². The molecule has 0 aliphatic carbocycles. The highest BCUT2D eigenvalue weighted by Crippen LogP contribution is 2.18. The van der Waals surface area contributed by atoms with Crippen LogP contribution in [-0.2, 0) is 0 Å². The zero-order chi connectivity index (χ0) is 13.4.